The Kier molecular flexibility index (Phi) is 7.09. The number of aromatic nitrogens is 2. The van der Waals surface area contributed by atoms with Crippen molar-refractivity contribution in [2.75, 3.05) is 12.4 Å². The van der Waals surface area contributed by atoms with Gasteiger partial charge >= 0.3 is 0 Å². The molecule has 0 fully saturated rings. The summed E-state index contributed by atoms with van der Waals surface area (Å²) in [5.41, 5.74) is 2.30. The Labute approximate surface area is 161 Å². The lowest BCUT2D eigenvalue weighted by molar-refractivity contribution is 0.242. The number of nitrogens with one attached hydrogen (secondary N) is 1. The first kappa shape index (κ1) is 20.3. The van der Waals surface area contributed by atoms with Crippen LogP contribution in [0.5, 0.6) is 11.6 Å². The van der Waals surface area contributed by atoms with Crippen molar-refractivity contribution >= 4 is 17.4 Å². The van der Waals surface area contributed by atoms with Gasteiger partial charge in [-0.1, -0.05) is 25.4 Å². The number of ether oxygens (including phenoxy) is 2. The first-order chi connectivity index (χ1) is 12.4. The topological polar surface area (TPSA) is 56.3 Å². The highest BCUT2D eigenvalue weighted by Gasteiger charge is 2.17. The standard InChI is InChI=1S/C20H28ClN3O2/c1-7-14(8-2)23-19-20(25-6)24-18(13(5)22-19)16-10-9-15(11-17(16)21)26-12(3)4/h9-12,14H,7-8H2,1-6H3,(H,22,23). The van der Waals surface area contributed by atoms with Gasteiger partial charge < -0.3 is 14.8 Å². The van der Waals surface area contributed by atoms with Gasteiger partial charge in [0.2, 0.25) is 0 Å². The molecular weight excluding hydrogens is 350 g/mol. The number of aryl methyl sites for hydroxylation is 1. The quantitative estimate of drug-likeness (QED) is 0.658. The van der Waals surface area contributed by atoms with E-state index < -0.39 is 0 Å². The van der Waals surface area contributed by atoms with Crippen molar-refractivity contribution in [3.63, 3.8) is 0 Å². The van der Waals surface area contributed by atoms with Crippen molar-refractivity contribution in [1.29, 1.82) is 0 Å². The molecule has 0 bridgehead atoms. The first-order valence-electron chi connectivity index (χ1n) is 9.05. The minimum absolute atomic E-state index is 0.0916. The van der Waals surface area contributed by atoms with E-state index in [0.717, 1.165) is 29.8 Å². The van der Waals surface area contributed by atoms with Crippen LogP contribution in [0.2, 0.25) is 5.02 Å². The van der Waals surface area contributed by atoms with Gasteiger partial charge in [0.15, 0.2) is 5.82 Å². The summed E-state index contributed by atoms with van der Waals surface area (Å²) in [5, 5.41) is 3.98. The zero-order valence-electron chi connectivity index (χ0n) is 16.4. The van der Waals surface area contributed by atoms with E-state index in [1.807, 2.05) is 32.9 Å². The molecule has 0 amide bonds. The molecule has 26 heavy (non-hydrogen) atoms. The molecule has 5 nitrogen and oxygen atoms in total. The smallest absolute Gasteiger partial charge is 0.257 e. The molecule has 1 aromatic heterocycles. The predicted molar refractivity (Wildman–Crippen MR) is 108 cm³/mol. The van der Waals surface area contributed by atoms with E-state index in [9.17, 15) is 0 Å². The average molecular weight is 378 g/mol. The molecular formula is C20H28ClN3O2. The van der Waals surface area contributed by atoms with Gasteiger partial charge in [-0.2, -0.15) is 0 Å². The van der Waals surface area contributed by atoms with Crippen molar-refractivity contribution in [1.82, 2.24) is 9.97 Å². The highest BCUT2D eigenvalue weighted by molar-refractivity contribution is 6.33. The van der Waals surface area contributed by atoms with E-state index in [-0.39, 0.29) is 6.10 Å². The maximum Gasteiger partial charge on any atom is 0.257 e. The number of rotatable bonds is 8. The van der Waals surface area contributed by atoms with E-state index in [4.69, 9.17) is 21.1 Å². The lowest BCUT2D eigenvalue weighted by Gasteiger charge is -2.19. The highest BCUT2D eigenvalue weighted by atomic mass is 35.5. The van der Waals surface area contributed by atoms with Gasteiger partial charge in [0.1, 0.15) is 5.75 Å². The van der Waals surface area contributed by atoms with Crippen molar-refractivity contribution in [2.24, 2.45) is 0 Å². The molecule has 2 rings (SSSR count). The number of halogens is 1. The van der Waals surface area contributed by atoms with Crippen LogP contribution in [0, 0.1) is 6.92 Å². The molecule has 0 radical (unpaired) electrons. The molecule has 1 heterocycles. The van der Waals surface area contributed by atoms with Crippen LogP contribution in [0.1, 0.15) is 46.2 Å². The van der Waals surface area contributed by atoms with Crippen LogP contribution < -0.4 is 14.8 Å². The Balaban J connectivity index is 2.41. The number of anilines is 1. The number of benzene rings is 1. The summed E-state index contributed by atoms with van der Waals surface area (Å²) in [5.74, 6) is 1.87. The van der Waals surface area contributed by atoms with Crippen molar-refractivity contribution in [3.8, 4) is 22.9 Å². The fourth-order valence-corrected chi connectivity index (χ4v) is 2.97. The van der Waals surface area contributed by atoms with Gasteiger partial charge in [0.25, 0.3) is 5.88 Å². The van der Waals surface area contributed by atoms with Gasteiger partial charge in [-0.25, -0.2) is 9.97 Å². The minimum atomic E-state index is 0.0916. The van der Waals surface area contributed by atoms with E-state index >= 15 is 0 Å². The monoisotopic (exact) mass is 377 g/mol. The van der Waals surface area contributed by atoms with E-state index in [2.05, 4.69) is 29.1 Å². The largest absolute Gasteiger partial charge is 0.491 e. The van der Waals surface area contributed by atoms with Crippen LogP contribution in [0.3, 0.4) is 0 Å². The Bertz CT molecular complexity index is 746. The maximum atomic E-state index is 6.48. The minimum Gasteiger partial charge on any atom is -0.491 e. The van der Waals surface area contributed by atoms with Gasteiger partial charge in [-0.05, 0) is 51.8 Å². The van der Waals surface area contributed by atoms with Crippen LogP contribution >= 0.6 is 11.6 Å². The lowest BCUT2D eigenvalue weighted by Crippen LogP contribution is -2.19. The van der Waals surface area contributed by atoms with Gasteiger partial charge in [0.05, 0.1) is 29.6 Å². The Morgan fingerprint density at radius 3 is 2.38 bits per heavy atom. The third kappa shape index (κ3) is 4.79. The lowest BCUT2D eigenvalue weighted by atomic mass is 10.1. The summed E-state index contributed by atoms with van der Waals surface area (Å²) in [4.78, 5) is 9.34. The molecule has 0 saturated carbocycles. The zero-order valence-corrected chi connectivity index (χ0v) is 17.1. The number of hydrogen-bond donors (Lipinski definition) is 1. The first-order valence-corrected chi connectivity index (χ1v) is 9.43. The van der Waals surface area contributed by atoms with Gasteiger partial charge in [0, 0.05) is 11.6 Å². The maximum absolute atomic E-state index is 6.48. The molecule has 0 saturated heterocycles. The second-order valence-corrected chi connectivity index (χ2v) is 6.89. The van der Waals surface area contributed by atoms with Crippen molar-refractivity contribution in [2.45, 2.75) is 59.6 Å². The van der Waals surface area contributed by atoms with Crippen LogP contribution in [0.15, 0.2) is 18.2 Å². The molecule has 0 aliphatic heterocycles. The highest BCUT2D eigenvalue weighted by Crippen LogP contribution is 2.34. The summed E-state index contributed by atoms with van der Waals surface area (Å²) in [6, 6.07) is 5.94. The Morgan fingerprint density at radius 1 is 1.15 bits per heavy atom. The molecule has 0 unspecified atom stereocenters. The molecule has 1 N–H and O–H groups in total. The summed E-state index contributed by atoms with van der Waals surface area (Å²) >= 11 is 6.48. The van der Waals surface area contributed by atoms with E-state index in [1.165, 1.54) is 0 Å². The summed E-state index contributed by atoms with van der Waals surface area (Å²) in [7, 11) is 1.60. The number of methoxy groups -OCH3 is 1. The summed E-state index contributed by atoms with van der Waals surface area (Å²) < 4.78 is 11.2. The van der Waals surface area contributed by atoms with Crippen molar-refractivity contribution in [3.05, 3.63) is 28.9 Å². The van der Waals surface area contributed by atoms with E-state index in [0.29, 0.717) is 28.5 Å². The third-order valence-electron chi connectivity index (χ3n) is 4.13. The molecule has 2 aromatic rings. The molecule has 0 atom stereocenters. The fourth-order valence-electron chi connectivity index (χ4n) is 2.71. The summed E-state index contributed by atoms with van der Waals surface area (Å²) in [6.45, 7) is 10.2. The van der Waals surface area contributed by atoms with Crippen LogP contribution in [0.25, 0.3) is 11.3 Å². The SMILES string of the molecule is CCC(CC)Nc1nc(C)c(-c2ccc(OC(C)C)cc2Cl)nc1OC. The molecule has 0 aliphatic rings. The molecule has 6 heteroatoms. The van der Waals surface area contributed by atoms with Crippen molar-refractivity contribution < 1.29 is 9.47 Å². The second-order valence-electron chi connectivity index (χ2n) is 6.48. The second kappa shape index (κ2) is 9.08. The Hall–Kier alpha value is -2.01. The third-order valence-corrected chi connectivity index (χ3v) is 4.44. The molecule has 142 valence electrons. The zero-order chi connectivity index (χ0) is 19.3. The fraction of sp³-hybridized carbons (Fsp3) is 0.500. The normalized spacial score (nSPS) is 11.1. The van der Waals surface area contributed by atoms with E-state index in [1.54, 1.807) is 13.2 Å². The van der Waals surface area contributed by atoms with Gasteiger partial charge in [-0.3, -0.25) is 0 Å². The molecule has 1 aromatic carbocycles. The van der Waals surface area contributed by atoms with Crippen LogP contribution in [-0.4, -0.2) is 29.2 Å². The van der Waals surface area contributed by atoms with Crippen LogP contribution in [0.4, 0.5) is 5.82 Å². The van der Waals surface area contributed by atoms with Gasteiger partial charge in [-0.15, -0.1) is 0 Å². The summed E-state index contributed by atoms with van der Waals surface area (Å²) in [6.07, 6.45) is 2.10. The Morgan fingerprint density at radius 2 is 1.85 bits per heavy atom. The molecule has 0 spiro atoms. The van der Waals surface area contributed by atoms with Crippen LogP contribution in [-0.2, 0) is 0 Å². The number of nitrogens with zero attached hydrogens (tertiary/aromatic N) is 2. The average Bonchev–Trinajstić information content (AvgIpc) is 2.60. The predicted octanol–water partition coefficient (Wildman–Crippen LogP) is 5.50. The molecule has 0 aliphatic carbocycles. The number of hydrogen-bond acceptors (Lipinski definition) is 5.